The maximum absolute atomic E-state index is 12.6. The number of carbonyl (C=O) groups is 4. The van der Waals surface area contributed by atoms with Gasteiger partial charge in [-0.1, -0.05) is 74.5 Å². The Bertz CT molecular complexity index is 2520. The van der Waals surface area contributed by atoms with E-state index in [1.54, 1.807) is 24.5 Å². The van der Waals surface area contributed by atoms with Crippen LogP contribution in [0.15, 0.2) is 122 Å². The van der Waals surface area contributed by atoms with Gasteiger partial charge in [-0.2, -0.15) is 0 Å². The number of benzene rings is 4. The van der Waals surface area contributed by atoms with Crippen LogP contribution in [0.1, 0.15) is 87.5 Å². The van der Waals surface area contributed by atoms with Crippen molar-refractivity contribution >= 4 is 34.9 Å². The second-order valence-corrected chi connectivity index (χ2v) is 15.1. The third kappa shape index (κ3) is 10.7. The van der Waals surface area contributed by atoms with Crippen molar-refractivity contribution in [2.24, 2.45) is 5.73 Å². The van der Waals surface area contributed by atoms with Crippen LogP contribution in [-0.2, 0) is 35.4 Å². The Balaban J connectivity index is 0.000000175. The van der Waals surface area contributed by atoms with E-state index in [4.69, 9.17) is 10.8 Å². The molecular formula is C51H53N5O5. The summed E-state index contributed by atoms with van der Waals surface area (Å²) in [7, 11) is 0. The topological polar surface area (TPSA) is 147 Å². The highest BCUT2D eigenvalue weighted by molar-refractivity contribution is 5.98. The molecular weight excluding hydrogens is 763 g/mol. The van der Waals surface area contributed by atoms with E-state index in [0.717, 1.165) is 87.6 Å². The lowest BCUT2D eigenvalue weighted by Gasteiger charge is -2.16. The second kappa shape index (κ2) is 20.5. The number of Topliss-reactive ketones (excluding diaryl/α,β-unsaturated/α-hetero) is 1. The van der Waals surface area contributed by atoms with E-state index in [1.807, 2.05) is 116 Å². The van der Waals surface area contributed by atoms with Crippen molar-refractivity contribution in [3.05, 3.63) is 166 Å². The summed E-state index contributed by atoms with van der Waals surface area (Å²) in [5, 5.41) is 8.94. The predicted octanol–water partition coefficient (Wildman–Crippen LogP) is 9.37. The van der Waals surface area contributed by atoms with Crippen molar-refractivity contribution in [1.82, 2.24) is 9.97 Å². The minimum Gasteiger partial charge on any atom is -0.478 e. The Morgan fingerprint density at radius 2 is 1.05 bits per heavy atom. The lowest BCUT2D eigenvalue weighted by molar-refractivity contribution is -0.119. The number of nitrogens with zero attached hydrogens (tertiary/aromatic N) is 4. The average molecular weight is 816 g/mol. The lowest BCUT2D eigenvalue weighted by atomic mass is 9.98. The fourth-order valence-electron chi connectivity index (χ4n) is 7.62. The molecule has 0 bridgehead atoms. The van der Waals surface area contributed by atoms with Crippen molar-refractivity contribution in [3.8, 4) is 22.3 Å². The van der Waals surface area contributed by atoms with Gasteiger partial charge in [-0.05, 0) is 126 Å². The van der Waals surface area contributed by atoms with Gasteiger partial charge in [-0.15, -0.1) is 0 Å². The monoisotopic (exact) mass is 815 g/mol. The zero-order valence-corrected chi connectivity index (χ0v) is 35.4. The van der Waals surface area contributed by atoms with E-state index >= 15 is 0 Å². The number of nitrogens with two attached hydrogens (primary N) is 1. The summed E-state index contributed by atoms with van der Waals surface area (Å²) in [6, 6.07) is 34.8. The average Bonchev–Trinajstić information content (AvgIpc) is 3.93. The molecule has 0 spiro atoms. The standard InChI is InChI=1S/C26H26N2O2.C18H17NO3.C7H10N2/c1-3-26(30)28-16-14-23-17-22(10-12-24(23)28)20-6-8-21(9-7-20)25(29)13-11-19-5-4-15-27-18(19)2;1-2-17(20)19-10-9-15-11-14(7-8-16(15)19)12-3-5-13(6-4-12)18(21)22;1-6-7(5-8)3-2-4-9-6/h4-10,12,15,17H,3,11,13-14,16H2,1-2H3;3-8,11H,2,9-10H2,1H3,(H,21,22);2-4H,5,8H2,1H3. The minimum absolute atomic E-state index is 0.146. The summed E-state index contributed by atoms with van der Waals surface area (Å²) in [5.41, 5.74) is 19.3. The molecule has 2 aromatic heterocycles. The normalized spacial score (nSPS) is 12.3. The maximum Gasteiger partial charge on any atom is 0.335 e. The number of carboxylic acid groups (broad SMARTS) is 1. The number of pyridine rings is 2. The highest BCUT2D eigenvalue weighted by Crippen LogP contribution is 2.34. The molecule has 10 nitrogen and oxygen atoms in total. The summed E-state index contributed by atoms with van der Waals surface area (Å²) < 4.78 is 0. The Morgan fingerprint density at radius 3 is 1.46 bits per heavy atom. The number of aromatic nitrogens is 2. The number of aryl methyl sites for hydroxylation is 3. The number of aromatic carboxylic acids is 1. The summed E-state index contributed by atoms with van der Waals surface area (Å²) in [4.78, 5) is 59.6. The number of carbonyl (C=O) groups excluding carboxylic acids is 3. The molecule has 3 N–H and O–H groups in total. The summed E-state index contributed by atoms with van der Waals surface area (Å²) in [6.07, 6.45) is 7.52. The molecule has 0 radical (unpaired) electrons. The first-order chi connectivity index (χ1) is 29.5. The maximum atomic E-state index is 12.6. The molecule has 0 saturated carbocycles. The van der Waals surface area contributed by atoms with Crippen LogP contribution in [0.5, 0.6) is 0 Å². The van der Waals surface area contributed by atoms with Crippen LogP contribution in [0.3, 0.4) is 0 Å². The lowest BCUT2D eigenvalue weighted by Crippen LogP contribution is -2.27. The molecule has 2 aliphatic rings. The van der Waals surface area contributed by atoms with E-state index in [0.29, 0.717) is 32.2 Å². The second-order valence-electron chi connectivity index (χ2n) is 15.1. The number of amides is 2. The SMILES string of the molecule is CCC(=O)N1CCc2cc(-c3ccc(C(=O)CCc4cccnc4C)cc3)ccc21.CCC(=O)N1CCc2cc(-c3ccc(C(=O)O)cc3)ccc21.Cc1ncccc1CN. The van der Waals surface area contributed by atoms with E-state index in [9.17, 15) is 19.2 Å². The first-order valence-electron chi connectivity index (χ1n) is 20.9. The van der Waals surface area contributed by atoms with Gasteiger partial charge in [-0.25, -0.2) is 4.79 Å². The molecule has 4 heterocycles. The molecule has 0 aliphatic carbocycles. The minimum atomic E-state index is -0.922. The third-order valence-electron chi connectivity index (χ3n) is 11.2. The first kappa shape index (κ1) is 43.8. The van der Waals surface area contributed by atoms with Crippen molar-refractivity contribution in [3.63, 3.8) is 0 Å². The number of hydrogen-bond donors (Lipinski definition) is 2. The van der Waals surface area contributed by atoms with Crippen LogP contribution in [0.4, 0.5) is 11.4 Å². The Kier molecular flexibility index (Phi) is 14.7. The summed E-state index contributed by atoms with van der Waals surface area (Å²) >= 11 is 0. The first-order valence-corrected chi connectivity index (χ1v) is 20.9. The van der Waals surface area contributed by atoms with E-state index < -0.39 is 5.97 Å². The van der Waals surface area contributed by atoms with E-state index in [1.165, 1.54) is 11.1 Å². The van der Waals surface area contributed by atoms with Gasteiger partial charge in [0.15, 0.2) is 5.78 Å². The fourth-order valence-corrected chi connectivity index (χ4v) is 7.62. The van der Waals surface area contributed by atoms with Gasteiger partial charge in [0.05, 0.1) is 5.56 Å². The van der Waals surface area contributed by atoms with Crippen LogP contribution in [0, 0.1) is 13.8 Å². The Morgan fingerprint density at radius 1 is 0.607 bits per heavy atom. The van der Waals surface area contributed by atoms with Gasteiger partial charge in [0.2, 0.25) is 11.8 Å². The number of hydrogen-bond acceptors (Lipinski definition) is 7. The quantitative estimate of drug-likeness (QED) is 0.130. The number of ketones is 1. The number of carboxylic acids is 1. The molecule has 312 valence electrons. The number of fused-ring (bicyclic) bond motifs is 2. The molecule has 61 heavy (non-hydrogen) atoms. The van der Waals surface area contributed by atoms with Gasteiger partial charge >= 0.3 is 5.97 Å². The molecule has 8 rings (SSSR count). The molecule has 0 unspecified atom stereocenters. The Hall–Kier alpha value is -6.78. The highest BCUT2D eigenvalue weighted by atomic mass is 16.4. The molecule has 4 aromatic carbocycles. The van der Waals surface area contributed by atoms with Crippen LogP contribution in [0.2, 0.25) is 0 Å². The molecule has 6 aromatic rings. The number of rotatable bonds is 10. The molecule has 2 amide bonds. The highest BCUT2D eigenvalue weighted by Gasteiger charge is 2.25. The van der Waals surface area contributed by atoms with Gasteiger partial charge in [-0.3, -0.25) is 24.4 Å². The number of anilines is 2. The summed E-state index contributed by atoms with van der Waals surface area (Å²) in [6.45, 7) is 9.79. The van der Waals surface area contributed by atoms with Gasteiger partial charge in [0.1, 0.15) is 0 Å². The molecule has 0 atom stereocenters. The van der Waals surface area contributed by atoms with Gasteiger partial charge in [0, 0.05) is 79.6 Å². The largest absolute Gasteiger partial charge is 0.478 e. The zero-order valence-electron chi connectivity index (χ0n) is 35.4. The van der Waals surface area contributed by atoms with Gasteiger partial charge in [0.25, 0.3) is 0 Å². The smallest absolute Gasteiger partial charge is 0.335 e. The predicted molar refractivity (Wildman–Crippen MR) is 242 cm³/mol. The molecule has 0 saturated heterocycles. The summed E-state index contributed by atoms with van der Waals surface area (Å²) in [5.74, 6) is -0.454. The van der Waals surface area contributed by atoms with Crippen LogP contribution < -0.4 is 15.5 Å². The molecule has 0 fully saturated rings. The molecule has 2 aliphatic heterocycles. The third-order valence-corrected chi connectivity index (χ3v) is 11.2. The van der Waals surface area contributed by atoms with Gasteiger partial charge < -0.3 is 20.6 Å². The van der Waals surface area contributed by atoms with E-state index in [-0.39, 0.29) is 23.2 Å². The van der Waals surface area contributed by atoms with Crippen molar-refractivity contribution in [2.45, 2.75) is 72.8 Å². The fraction of sp³-hybridized carbons (Fsp3) is 0.255. The van der Waals surface area contributed by atoms with Crippen molar-refractivity contribution in [1.29, 1.82) is 0 Å². The Labute approximate surface area is 358 Å². The van der Waals surface area contributed by atoms with Crippen LogP contribution in [0.25, 0.3) is 22.3 Å². The van der Waals surface area contributed by atoms with E-state index in [2.05, 4.69) is 28.2 Å². The van der Waals surface area contributed by atoms with Crippen LogP contribution >= 0.6 is 0 Å². The van der Waals surface area contributed by atoms with Crippen LogP contribution in [-0.4, -0.2) is 51.7 Å². The van der Waals surface area contributed by atoms with Crippen molar-refractivity contribution < 1.29 is 24.3 Å². The zero-order chi connectivity index (χ0) is 43.5. The molecule has 10 heteroatoms. The van der Waals surface area contributed by atoms with Crippen molar-refractivity contribution in [2.75, 3.05) is 22.9 Å².